The van der Waals surface area contributed by atoms with Crippen LogP contribution in [0.2, 0.25) is 0 Å². The van der Waals surface area contributed by atoms with Gasteiger partial charge >= 0.3 is 0 Å². The van der Waals surface area contributed by atoms with E-state index >= 15 is 0 Å². The first kappa shape index (κ1) is 22.5. The number of halogens is 1. The second kappa shape index (κ2) is 11.9. The zero-order valence-corrected chi connectivity index (χ0v) is 19.5. The number of thiazole rings is 1. The maximum Gasteiger partial charge on any atom is 0.191 e. The molecule has 152 valence electrons. The van der Waals surface area contributed by atoms with E-state index in [1.807, 2.05) is 35.0 Å². The van der Waals surface area contributed by atoms with Crippen molar-refractivity contribution in [2.24, 2.45) is 4.99 Å². The van der Waals surface area contributed by atoms with Crippen LogP contribution in [0.15, 0.2) is 35.6 Å². The quantitative estimate of drug-likeness (QED) is 0.199. The number of fused-ring (bicyclic) bond motifs is 1. The van der Waals surface area contributed by atoms with Crippen molar-refractivity contribution in [2.75, 3.05) is 19.6 Å². The minimum Gasteiger partial charge on any atom is -0.357 e. The number of guanidine groups is 1. The Morgan fingerprint density at radius 1 is 1.18 bits per heavy atom. The lowest BCUT2D eigenvalue weighted by Crippen LogP contribution is -2.38. The fraction of sp³-hybridized carbons (Fsp3) is 0.474. The second-order valence-corrected chi connectivity index (χ2v) is 7.36. The van der Waals surface area contributed by atoms with Crippen LogP contribution >= 0.6 is 35.3 Å². The highest BCUT2D eigenvalue weighted by molar-refractivity contribution is 14.0. The Labute approximate surface area is 187 Å². The maximum atomic E-state index is 4.67. The molecule has 0 aromatic carbocycles. The van der Waals surface area contributed by atoms with Gasteiger partial charge in [-0.25, -0.2) is 4.98 Å². The van der Waals surface area contributed by atoms with E-state index in [2.05, 4.69) is 44.7 Å². The smallest absolute Gasteiger partial charge is 0.191 e. The van der Waals surface area contributed by atoms with Gasteiger partial charge in [0.25, 0.3) is 0 Å². The summed E-state index contributed by atoms with van der Waals surface area (Å²) in [6, 6.07) is 5.94. The topological polar surface area (TPSA) is 79.5 Å². The van der Waals surface area contributed by atoms with Crippen LogP contribution in [-0.4, -0.2) is 45.2 Å². The fourth-order valence-electron chi connectivity index (χ4n) is 2.75. The van der Waals surface area contributed by atoms with Gasteiger partial charge < -0.3 is 10.6 Å². The molecule has 0 bridgehead atoms. The number of aryl methyl sites for hydroxylation is 2. The third-order valence-electron chi connectivity index (χ3n) is 4.14. The summed E-state index contributed by atoms with van der Waals surface area (Å²) in [4.78, 5) is 10.5. The van der Waals surface area contributed by atoms with Crippen molar-refractivity contribution >= 4 is 46.9 Å². The number of aromatic nitrogens is 4. The summed E-state index contributed by atoms with van der Waals surface area (Å²) in [6.45, 7) is 6.66. The summed E-state index contributed by atoms with van der Waals surface area (Å²) < 4.78 is 2.03. The summed E-state index contributed by atoms with van der Waals surface area (Å²) >= 11 is 1.79. The van der Waals surface area contributed by atoms with Crippen molar-refractivity contribution in [1.82, 2.24) is 30.2 Å². The van der Waals surface area contributed by atoms with Gasteiger partial charge in [0.05, 0.1) is 5.01 Å². The molecule has 2 N–H and O–H groups in total. The zero-order valence-electron chi connectivity index (χ0n) is 16.4. The molecule has 0 radical (unpaired) electrons. The Balaban J connectivity index is 0.00000280. The molecule has 0 saturated heterocycles. The largest absolute Gasteiger partial charge is 0.357 e. The van der Waals surface area contributed by atoms with Gasteiger partial charge in [0.1, 0.15) is 5.82 Å². The second-order valence-electron chi connectivity index (χ2n) is 6.16. The number of nitrogens with one attached hydrogen (secondary N) is 2. The molecular weight excluding hydrogens is 485 g/mol. The number of aliphatic imine (C=N–C) groups is 1. The third kappa shape index (κ3) is 6.40. The van der Waals surface area contributed by atoms with Crippen LogP contribution in [0.5, 0.6) is 0 Å². The van der Waals surface area contributed by atoms with E-state index in [1.165, 1.54) is 9.88 Å². The first-order valence-electron chi connectivity index (χ1n) is 9.54. The molecule has 0 amide bonds. The summed E-state index contributed by atoms with van der Waals surface area (Å²) in [5.74, 6) is 1.84. The lowest BCUT2D eigenvalue weighted by atomic mass is 10.3. The Bertz CT molecular complexity index is 874. The average molecular weight is 513 g/mol. The van der Waals surface area contributed by atoms with Crippen LogP contribution in [0.4, 0.5) is 0 Å². The fourth-order valence-corrected chi connectivity index (χ4v) is 3.61. The lowest BCUT2D eigenvalue weighted by Gasteiger charge is -2.10. The molecule has 28 heavy (non-hydrogen) atoms. The van der Waals surface area contributed by atoms with E-state index < -0.39 is 0 Å². The van der Waals surface area contributed by atoms with E-state index in [9.17, 15) is 0 Å². The Kier molecular flexibility index (Phi) is 9.62. The van der Waals surface area contributed by atoms with Crippen LogP contribution in [0.3, 0.4) is 0 Å². The molecule has 0 atom stereocenters. The summed E-state index contributed by atoms with van der Waals surface area (Å²) in [5.41, 5.74) is 0.888. The highest BCUT2D eigenvalue weighted by Gasteiger charge is 2.05. The van der Waals surface area contributed by atoms with Crippen molar-refractivity contribution < 1.29 is 0 Å². The van der Waals surface area contributed by atoms with Gasteiger partial charge in [0.2, 0.25) is 0 Å². The first-order chi connectivity index (χ1) is 13.3. The number of nitrogens with zero attached hydrogens (tertiary/aromatic N) is 5. The molecule has 0 saturated carbocycles. The van der Waals surface area contributed by atoms with E-state index in [0.717, 1.165) is 62.7 Å². The van der Waals surface area contributed by atoms with E-state index in [-0.39, 0.29) is 24.0 Å². The van der Waals surface area contributed by atoms with Crippen LogP contribution in [-0.2, 0) is 19.3 Å². The molecule has 0 aliphatic carbocycles. The lowest BCUT2D eigenvalue weighted by molar-refractivity contribution is 0.749. The molecule has 3 rings (SSSR count). The summed E-state index contributed by atoms with van der Waals surface area (Å²) in [5, 5.41) is 16.3. The third-order valence-corrected chi connectivity index (χ3v) is 5.34. The number of pyridine rings is 1. The van der Waals surface area contributed by atoms with E-state index in [4.69, 9.17) is 0 Å². The van der Waals surface area contributed by atoms with Gasteiger partial charge in [-0.1, -0.05) is 13.0 Å². The molecular formula is C19H28IN7S. The van der Waals surface area contributed by atoms with Crippen molar-refractivity contribution in [3.63, 3.8) is 0 Å². The van der Waals surface area contributed by atoms with Crippen LogP contribution in [0, 0.1) is 0 Å². The van der Waals surface area contributed by atoms with Gasteiger partial charge in [-0.2, -0.15) is 0 Å². The molecule has 3 aromatic heterocycles. The van der Waals surface area contributed by atoms with Gasteiger partial charge in [-0.15, -0.1) is 45.5 Å². The van der Waals surface area contributed by atoms with Crippen LogP contribution in [0.25, 0.3) is 5.65 Å². The van der Waals surface area contributed by atoms with Crippen LogP contribution in [0.1, 0.15) is 36.0 Å². The first-order valence-corrected chi connectivity index (χ1v) is 10.4. The van der Waals surface area contributed by atoms with Crippen molar-refractivity contribution in [3.05, 3.63) is 46.3 Å². The average Bonchev–Trinajstić information content (AvgIpc) is 3.32. The summed E-state index contributed by atoms with van der Waals surface area (Å²) in [7, 11) is 0. The van der Waals surface area contributed by atoms with Gasteiger partial charge in [-0.05, 0) is 31.9 Å². The monoisotopic (exact) mass is 513 g/mol. The van der Waals surface area contributed by atoms with Crippen molar-refractivity contribution in [1.29, 1.82) is 0 Å². The molecule has 0 unspecified atom stereocenters. The Hall–Kier alpha value is -1.75. The Morgan fingerprint density at radius 3 is 2.86 bits per heavy atom. The number of rotatable bonds is 9. The van der Waals surface area contributed by atoms with Crippen molar-refractivity contribution in [2.45, 2.75) is 39.5 Å². The predicted octanol–water partition coefficient (Wildman–Crippen LogP) is 3.10. The molecule has 0 aliphatic rings. The van der Waals surface area contributed by atoms with E-state index in [0.29, 0.717) is 0 Å². The minimum absolute atomic E-state index is 0. The predicted molar refractivity (Wildman–Crippen MR) is 126 cm³/mol. The normalized spacial score (nSPS) is 11.4. The van der Waals surface area contributed by atoms with Crippen LogP contribution < -0.4 is 10.6 Å². The molecule has 7 nitrogen and oxygen atoms in total. The molecule has 0 spiro atoms. The van der Waals surface area contributed by atoms with Gasteiger partial charge in [0, 0.05) is 49.7 Å². The van der Waals surface area contributed by atoms with Gasteiger partial charge in [0.15, 0.2) is 11.6 Å². The maximum absolute atomic E-state index is 4.67. The number of hydrogen-bond donors (Lipinski definition) is 2. The Morgan fingerprint density at radius 2 is 2.07 bits per heavy atom. The molecule has 3 aromatic rings. The molecule has 9 heteroatoms. The molecule has 0 aliphatic heterocycles. The summed E-state index contributed by atoms with van der Waals surface area (Å²) in [6.07, 6.45) is 7.73. The molecule has 0 fully saturated rings. The van der Waals surface area contributed by atoms with Gasteiger partial charge in [-0.3, -0.25) is 9.39 Å². The number of hydrogen-bond acceptors (Lipinski definition) is 5. The highest BCUT2D eigenvalue weighted by Crippen LogP contribution is 2.13. The molecule has 3 heterocycles. The highest BCUT2D eigenvalue weighted by atomic mass is 127. The van der Waals surface area contributed by atoms with E-state index in [1.54, 1.807) is 11.3 Å². The zero-order chi connectivity index (χ0) is 18.9. The standard InChI is InChI=1S/C19H27N7S.HI/c1-3-15-14-23-18(27-15)10-12-22-19(20-4-2)21-11-7-9-17-25-24-16-8-5-6-13-26(16)17;/h5-6,8,13-14H,3-4,7,9-12H2,1-2H3,(H2,20,21,22);1H. The SMILES string of the molecule is CCNC(=NCCCc1nnc2ccccn12)NCCc1ncc(CC)s1.I. The minimum atomic E-state index is 0. The van der Waals surface area contributed by atoms with Crippen molar-refractivity contribution in [3.8, 4) is 0 Å².